The Morgan fingerprint density at radius 1 is 1.35 bits per heavy atom. The van der Waals surface area contributed by atoms with Crippen molar-refractivity contribution in [3.05, 3.63) is 0 Å². The minimum Gasteiger partial charge on any atom is -0.341 e. The molecular weight excluding hydrogens is 214 g/mol. The summed E-state index contributed by atoms with van der Waals surface area (Å²) in [6.07, 6.45) is 3.24. The molecule has 2 N–H and O–H groups in total. The quantitative estimate of drug-likeness (QED) is 0.729. The van der Waals surface area contributed by atoms with Crippen molar-refractivity contribution >= 4 is 11.9 Å². The zero-order valence-corrected chi connectivity index (χ0v) is 11.2. The highest BCUT2D eigenvalue weighted by Gasteiger charge is 2.51. The van der Waals surface area contributed by atoms with Gasteiger partial charge in [-0.1, -0.05) is 20.3 Å². The maximum absolute atomic E-state index is 12.2. The Labute approximate surface area is 103 Å². The van der Waals surface area contributed by atoms with Gasteiger partial charge in [-0.05, 0) is 38.5 Å². The second-order valence-corrected chi connectivity index (χ2v) is 5.91. The Kier molecular flexibility index (Phi) is 3.15. The SMILES string of the molecule is CC1CCC(C)C2(C1)NC(=NC(C)C)NC2=O. The summed E-state index contributed by atoms with van der Waals surface area (Å²) in [4.78, 5) is 16.7. The molecule has 2 fully saturated rings. The van der Waals surface area contributed by atoms with Gasteiger partial charge in [-0.2, -0.15) is 0 Å². The Morgan fingerprint density at radius 3 is 2.71 bits per heavy atom. The third kappa shape index (κ3) is 2.17. The van der Waals surface area contributed by atoms with Crippen LogP contribution in [0.25, 0.3) is 0 Å². The second kappa shape index (κ2) is 4.31. The average molecular weight is 237 g/mol. The van der Waals surface area contributed by atoms with E-state index in [0.717, 1.165) is 12.8 Å². The molecule has 1 amide bonds. The monoisotopic (exact) mass is 237 g/mol. The normalized spacial score (nSPS) is 39.8. The summed E-state index contributed by atoms with van der Waals surface area (Å²) in [6, 6.07) is 0.198. The summed E-state index contributed by atoms with van der Waals surface area (Å²) in [5, 5.41) is 6.25. The Morgan fingerprint density at radius 2 is 2.06 bits per heavy atom. The molecule has 0 aromatic heterocycles. The number of nitrogens with zero attached hydrogens (tertiary/aromatic N) is 1. The first-order valence-corrected chi connectivity index (χ1v) is 6.61. The molecule has 3 unspecified atom stereocenters. The number of hydrogen-bond donors (Lipinski definition) is 2. The van der Waals surface area contributed by atoms with Gasteiger partial charge in [0.2, 0.25) is 0 Å². The van der Waals surface area contributed by atoms with E-state index in [-0.39, 0.29) is 11.9 Å². The van der Waals surface area contributed by atoms with Crippen LogP contribution in [0, 0.1) is 11.8 Å². The van der Waals surface area contributed by atoms with Gasteiger partial charge in [0.25, 0.3) is 5.91 Å². The van der Waals surface area contributed by atoms with E-state index in [0.29, 0.717) is 17.8 Å². The van der Waals surface area contributed by atoms with Crippen LogP contribution in [0.5, 0.6) is 0 Å². The molecule has 0 radical (unpaired) electrons. The van der Waals surface area contributed by atoms with Crippen LogP contribution in [0.1, 0.15) is 47.0 Å². The number of amides is 1. The summed E-state index contributed by atoms with van der Waals surface area (Å²) in [7, 11) is 0. The summed E-state index contributed by atoms with van der Waals surface area (Å²) >= 11 is 0. The topological polar surface area (TPSA) is 53.5 Å². The van der Waals surface area contributed by atoms with Crippen molar-refractivity contribution in [2.24, 2.45) is 16.8 Å². The molecule has 0 aromatic rings. The number of carbonyl (C=O) groups is 1. The van der Waals surface area contributed by atoms with E-state index >= 15 is 0 Å². The highest BCUT2D eigenvalue weighted by atomic mass is 16.2. The lowest BCUT2D eigenvalue weighted by atomic mass is 9.70. The van der Waals surface area contributed by atoms with Gasteiger partial charge in [0.1, 0.15) is 5.54 Å². The molecule has 96 valence electrons. The third-order valence-electron chi connectivity index (χ3n) is 3.97. The lowest BCUT2D eigenvalue weighted by Gasteiger charge is -2.39. The van der Waals surface area contributed by atoms with Crippen LogP contribution >= 0.6 is 0 Å². The van der Waals surface area contributed by atoms with E-state index in [1.165, 1.54) is 6.42 Å². The molecule has 0 bridgehead atoms. The standard InChI is InChI=1S/C13H23N3O/c1-8(2)14-12-15-11(17)13(16-12)7-9(3)5-6-10(13)4/h8-10H,5-7H2,1-4H3,(H2,14,15,16,17). The van der Waals surface area contributed by atoms with Gasteiger partial charge in [-0.25, -0.2) is 0 Å². The van der Waals surface area contributed by atoms with E-state index in [1.54, 1.807) is 0 Å². The maximum Gasteiger partial charge on any atom is 0.252 e. The summed E-state index contributed by atoms with van der Waals surface area (Å²) in [5.41, 5.74) is -0.411. The largest absolute Gasteiger partial charge is 0.341 e. The summed E-state index contributed by atoms with van der Waals surface area (Å²) in [6.45, 7) is 8.41. The van der Waals surface area contributed by atoms with Gasteiger partial charge in [0.05, 0.1) is 0 Å². The van der Waals surface area contributed by atoms with Crippen LogP contribution in [0.3, 0.4) is 0 Å². The van der Waals surface area contributed by atoms with Crippen molar-refractivity contribution in [2.75, 3.05) is 0 Å². The summed E-state index contributed by atoms with van der Waals surface area (Å²) in [5.74, 6) is 1.74. The van der Waals surface area contributed by atoms with Crippen molar-refractivity contribution in [3.8, 4) is 0 Å². The molecule has 3 atom stereocenters. The number of guanidine groups is 1. The minimum atomic E-state index is -0.411. The fourth-order valence-electron chi connectivity index (χ4n) is 2.97. The fraction of sp³-hybridized carbons (Fsp3) is 0.846. The van der Waals surface area contributed by atoms with E-state index in [2.05, 4.69) is 29.5 Å². The van der Waals surface area contributed by atoms with Crippen LogP contribution in [0.2, 0.25) is 0 Å². The lowest BCUT2D eigenvalue weighted by molar-refractivity contribution is -0.127. The first-order valence-electron chi connectivity index (χ1n) is 6.61. The molecule has 1 saturated carbocycles. The van der Waals surface area contributed by atoms with Gasteiger partial charge in [-0.15, -0.1) is 0 Å². The fourth-order valence-corrected chi connectivity index (χ4v) is 2.97. The second-order valence-electron chi connectivity index (χ2n) is 5.91. The summed E-state index contributed by atoms with van der Waals surface area (Å²) < 4.78 is 0. The van der Waals surface area contributed by atoms with E-state index in [9.17, 15) is 4.79 Å². The van der Waals surface area contributed by atoms with Gasteiger partial charge >= 0.3 is 0 Å². The maximum atomic E-state index is 12.2. The molecular formula is C13H23N3O. The van der Waals surface area contributed by atoms with Crippen LogP contribution in [-0.2, 0) is 4.79 Å². The first-order chi connectivity index (χ1) is 7.94. The van der Waals surface area contributed by atoms with Crippen LogP contribution in [0.4, 0.5) is 0 Å². The van der Waals surface area contributed by atoms with Gasteiger partial charge in [0, 0.05) is 6.04 Å². The third-order valence-corrected chi connectivity index (χ3v) is 3.97. The highest BCUT2D eigenvalue weighted by molar-refractivity contribution is 6.09. The average Bonchev–Trinajstić information content (AvgIpc) is 2.50. The van der Waals surface area contributed by atoms with Crippen molar-refractivity contribution in [1.82, 2.24) is 10.6 Å². The first kappa shape index (κ1) is 12.4. The van der Waals surface area contributed by atoms with Crippen LogP contribution in [-0.4, -0.2) is 23.4 Å². The number of hydrogen-bond acceptors (Lipinski definition) is 2. The zero-order chi connectivity index (χ0) is 12.6. The number of aliphatic imine (C=N–C) groups is 1. The molecule has 1 aliphatic carbocycles. The van der Waals surface area contributed by atoms with Crippen molar-refractivity contribution in [1.29, 1.82) is 0 Å². The van der Waals surface area contributed by atoms with Crippen molar-refractivity contribution in [2.45, 2.75) is 58.5 Å². The Bertz CT molecular complexity index is 351. The molecule has 17 heavy (non-hydrogen) atoms. The van der Waals surface area contributed by atoms with Gasteiger partial charge < -0.3 is 5.32 Å². The minimum absolute atomic E-state index is 0.107. The molecule has 2 aliphatic rings. The lowest BCUT2D eigenvalue weighted by Crippen LogP contribution is -2.55. The number of rotatable bonds is 1. The van der Waals surface area contributed by atoms with Crippen molar-refractivity contribution in [3.63, 3.8) is 0 Å². The van der Waals surface area contributed by atoms with E-state index in [4.69, 9.17) is 0 Å². The Balaban J connectivity index is 2.23. The van der Waals surface area contributed by atoms with Crippen molar-refractivity contribution < 1.29 is 4.79 Å². The molecule has 0 aromatic carbocycles. The highest BCUT2D eigenvalue weighted by Crippen LogP contribution is 2.38. The smallest absolute Gasteiger partial charge is 0.252 e. The molecule has 1 heterocycles. The predicted molar refractivity (Wildman–Crippen MR) is 68.8 cm³/mol. The number of carbonyl (C=O) groups excluding carboxylic acids is 1. The van der Waals surface area contributed by atoms with E-state index in [1.807, 2.05) is 13.8 Å². The molecule has 1 saturated heterocycles. The van der Waals surface area contributed by atoms with E-state index < -0.39 is 5.54 Å². The van der Waals surface area contributed by atoms with Crippen LogP contribution in [0.15, 0.2) is 4.99 Å². The molecule has 1 aliphatic heterocycles. The Hall–Kier alpha value is -1.06. The molecule has 2 rings (SSSR count). The van der Waals surface area contributed by atoms with Gasteiger partial charge in [-0.3, -0.25) is 15.1 Å². The zero-order valence-electron chi connectivity index (χ0n) is 11.2. The molecule has 4 heteroatoms. The van der Waals surface area contributed by atoms with Crippen LogP contribution < -0.4 is 10.6 Å². The molecule has 4 nitrogen and oxygen atoms in total. The predicted octanol–water partition coefficient (Wildman–Crippen LogP) is 1.67. The molecule has 1 spiro atoms. The van der Waals surface area contributed by atoms with Gasteiger partial charge in [0.15, 0.2) is 5.96 Å². The number of nitrogens with one attached hydrogen (secondary N) is 2.